The van der Waals surface area contributed by atoms with Gasteiger partial charge in [0.1, 0.15) is 29.8 Å². The van der Waals surface area contributed by atoms with Crippen molar-refractivity contribution in [2.24, 2.45) is 0 Å². The molecule has 0 bridgehead atoms. The third-order valence-corrected chi connectivity index (χ3v) is 4.75. The Bertz CT molecular complexity index is 755. The maximum atomic E-state index is 6.19. The molecule has 0 aliphatic carbocycles. The van der Waals surface area contributed by atoms with Crippen molar-refractivity contribution in [1.82, 2.24) is 0 Å². The monoisotopic (exact) mass is 404 g/mol. The topological polar surface area (TPSA) is 107 Å². The van der Waals surface area contributed by atoms with E-state index >= 15 is 0 Å². The number of benzene rings is 2. The SMILES string of the molecule is COC[C@H]1O[C@H](Oc2ccc(N)cc2)[C@H](OC)[C@@H](OC)[C@H]1Oc1ccc(N)cc1. The Morgan fingerprint density at radius 2 is 1.24 bits per heavy atom. The molecule has 1 fully saturated rings. The van der Waals surface area contributed by atoms with Crippen LogP contribution in [0.2, 0.25) is 0 Å². The Morgan fingerprint density at radius 3 is 1.72 bits per heavy atom. The van der Waals surface area contributed by atoms with Crippen LogP contribution in [0.1, 0.15) is 0 Å². The molecule has 1 saturated heterocycles. The summed E-state index contributed by atoms with van der Waals surface area (Å²) in [5.41, 5.74) is 12.8. The fraction of sp³-hybridized carbons (Fsp3) is 0.429. The van der Waals surface area contributed by atoms with E-state index in [0.717, 1.165) is 0 Å². The smallest absolute Gasteiger partial charge is 0.229 e. The summed E-state index contributed by atoms with van der Waals surface area (Å²) in [5, 5.41) is 0. The molecule has 3 rings (SSSR count). The molecule has 158 valence electrons. The van der Waals surface area contributed by atoms with Gasteiger partial charge in [0.2, 0.25) is 6.29 Å². The van der Waals surface area contributed by atoms with Crippen molar-refractivity contribution in [2.45, 2.75) is 30.7 Å². The van der Waals surface area contributed by atoms with Crippen molar-refractivity contribution in [3.63, 3.8) is 0 Å². The Morgan fingerprint density at radius 1 is 0.724 bits per heavy atom. The third kappa shape index (κ3) is 5.10. The minimum Gasteiger partial charge on any atom is -0.485 e. The van der Waals surface area contributed by atoms with Gasteiger partial charge < -0.3 is 39.9 Å². The second-order valence-corrected chi connectivity index (χ2v) is 6.74. The Hall–Kier alpha value is -2.52. The highest BCUT2D eigenvalue weighted by Crippen LogP contribution is 2.31. The van der Waals surface area contributed by atoms with Crippen LogP contribution in [0, 0.1) is 0 Å². The zero-order valence-electron chi connectivity index (χ0n) is 16.8. The lowest BCUT2D eigenvalue weighted by atomic mass is 9.98. The van der Waals surface area contributed by atoms with Gasteiger partial charge in [0.05, 0.1) is 6.61 Å². The lowest BCUT2D eigenvalue weighted by molar-refractivity contribution is -0.283. The lowest BCUT2D eigenvalue weighted by Crippen LogP contribution is -2.63. The Labute approximate surface area is 170 Å². The fourth-order valence-corrected chi connectivity index (χ4v) is 3.31. The summed E-state index contributed by atoms with van der Waals surface area (Å²) in [7, 11) is 4.78. The quantitative estimate of drug-likeness (QED) is 0.644. The first-order valence-electron chi connectivity index (χ1n) is 9.30. The minimum absolute atomic E-state index is 0.289. The van der Waals surface area contributed by atoms with Gasteiger partial charge in [-0.25, -0.2) is 0 Å². The van der Waals surface area contributed by atoms with Crippen LogP contribution in [0.4, 0.5) is 11.4 Å². The number of anilines is 2. The van der Waals surface area contributed by atoms with Gasteiger partial charge in [-0.3, -0.25) is 0 Å². The molecule has 29 heavy (non-hydrogen) atoms. The van der Waals surface area contributed by atoms with Gasteiger partial charge >= 0.3 is 0 Å². The summed E-state index contributed by atoms with van der Waals surface area (Å²) in [6, 6.07) is 14.2. The van der Waals surface area contributed by atoms with Gasteiger partial charge in [-0.05, 0) is 48.5 Å². The molecule has 5 atom stereocenters. The summed E-state index contributed by atoms with van der Waals surface area (Å²) >= 11 is 0. The first-order valence-corrected chi connectivity index (χ1v) is 9.30. The van der Waals surface area contributed by atoms with Crippen molar-refractivity contribution in [1.29, 1.82) is 0 Å². The summed E-state index contributed by atoms with van der Waals surface area (Å²) in [5.74, 6) is 1.25. The van der Waals surface area contributed by atoms with Crippen LogP contribution < -0.4 is 20.9 Å². The molecule has 0 amide bonds. The van der Waals surface area contributed by atoms with Crippen molar-refractivity contribution in [3.8, 4) is 11.5 Å². The highest BCUT2D eigenvalue weighted by atomic mass is 16.7. The van der Waals surface area contributed by atoms with E-state index in [0.29, 0.717) is 22.9 Å². The molecule has 2 aromatic rings. The zero-order valence-corrected chi connectivity index (χ0v) is 16.8. The Balaban J connectivity index is 1.83. The number of nitrogens with two attached hydrogens (primary N) is 2. The predicted octanol–water partition coefficient (Wildman–Crippen LogP) is 2.08. The molecule has 4 N–H and O–H groups in total. The van der Waals surface area contributed by atoms with Gasteiger partial charge in [-0.1, -0.05) is 0 Å². The van der Waals surface area contributed by atoms with Crippen LogP contribution >= 0.6 is 0 Å². The van der Waals surface area contributed by atoms with Crippen LogP contribution in [0.3, 0.4) is 0 Å². The number of hydrogen-bond acceptors (Lipinski definition) is 8. The summed E-state index contributed by atoms with van der Waals surface area (Å²) in [4.78, 5) is 0. The summed E-state index contributed by atoms with van der Waals surface area (Å²) in [6.07, 6.45) is -2.66. The summed E-state index contributed by atoms with van der Waals surface area (Å²) < 4.78 is 35.2. The molecular weight excluding hydrogens is 376 g/mol. The second kappa shape index (κ2) is 9.80. The fourth-order valence-electron chi connectivity index (χ4n) is 3.31. The van der Waals surface area contributed by atoms with E-state index in [4.69, 9.17) is 39.9 Å². The number of rotatable bonds is 8. The zero-order chi connectivity index (χ0) is 20.8. The van der Waals surface area contributed by atoms with Crippen LogP contribution in [-0.2, 0) is 18.9 Å². The molecule has 0 spiro atoms. The molecule has 0 saturated carbocycles. The molecule has 8 heteroatoms. The van der Waals surface area contributed by atoms with Crippen molar-refractivity contribution in [3.05, 3.63) is 48.5 Å². The maximum Gasteiger partial charge on any atom is 0.229 e. The average Bonchev–Trinajstić information content (AvgIpc) is 2.72. The number of hydrogen-bond donors (Lipinski definition) is 2. The molecule has 0 radical (unpaired) electrons. The van der Waals surface area contributed by atoms with Crippen LogP contribution in [0.5, 0.6) is 11.5 Å². The van der Waals surface area contributed by atoms with E-state index in [1.165, 1.54) is 0 Å². The van der Waals surface area contributed by atoms with Gasteiger partial charge in [0, 0.05) is 32.7 Å². The molecule has 8 nitrogen and oxygen atoms in total. The molecule has 2 aromatic carbocycles. The molecular formula is C21H28N2O6. The van der Waals surface area contributed by atoms with E-state index in [-0.39, 0.29) is 6.61 Å². The number of nitrogen functional groups attached to an aromatic ring is 2. The molecule has 1 aliphatic rings. The Kier molecular flexibility index (Phi) is 7.16. The van der Waals surface area contributed by atoms with E-state index in [1.54, 1.807) is 69.9 Å². The lowest BCUT2D eigenvalue weighted by Gasteiger charge is -2.44. The van der Waals surface area contributed by atoms with E-state index in [1.807, 2.05) is 0 Å². The van der Waals surface area contributed by atoms with E-state index in [9.17, 15) is 0 Å². The molecule has 0 aromatic heterocycles. The predicted molar refractivity (Wildman–Crippen MR) is 109 cm³/mol. The number of methoxy groups -OCH3 is 3. The van der Waals surface area contributed by atoms with E-state index < -0.39 is 30.7 Å². The van der Waals surface area contributed by atoms with Crippen molar-refractivity contribution in [2.75, 3.05) is 39.4 Å². The minimum atomic E-state index is -0.722. The second-order valence-electron chi connectivity index (χ2n) is 6.74. The van der Waals surface area contributed by atoms with Crippen molar-refractivity contribution < 1.29 is 28.4 Å². The van der Waals surface area contributed by atoms with E-state index in [2.05, 4.69) is 0 Å². The molecule has 1 heterocycles. The number of ether oxygens (including phenoxy) is 6. The van der Waals surface area contributed by atoms with Crippen LogP contribution in [0.25, 0.3) is 0 Å². The van der Waals surface area contributed by atoms with Gasteiger partial charge in [-0.2, -0.15) is 0 Å². The maximum absolute atomic E-state index is 6.19. The average molecular weight is 404 g/mol. The van der Waals surface area contributed by atoms with Gasteiger partial charge in [0.15, 0.2) is 6.10 Å². The van der Waals surface area contributed by atoms with Crippen LogP contribution in [0.15, 0.2) is 48.5 Å². The van der Waals surface area contributed by atoms with Gasteiger partial charge in [0.25, 0.3) is 0 Å². The first-order chi connectivity index (χ1) is 14.0. The normalized spacial score (nSPS) is 26.8. The highest BCUT2D eigenvalue weighted by Gasteiger charge is 2.49. The molecule has 1 aliphatic heterocycles. The van der Waals surface area contributed by atoms with Gasteiger partial charge in [-0.15, -0.1) is 0 Å². The van der Waals surface area contributed by atoms with Crippen LogP contribution in [-0.4, -0.2) is 58.6 Å². The summed E-state index contributed by atoms with van der Waals surface area (Å²) in [6.45, 7) is 0.289. The van der Waals surface area contributed by atoms with Crippen molar-refractivity contribution >= 4 is 11.4 Å². The largest absolute Gasteiger partial charge is 0.485 e. The standard InChI is InChI=1S/C21H28N2O6/c1-24-12-17-18(27-15-8-4-13(22)5-9-15)19(25-2)20(26-3)21(29-17)28-16-10-6-14(23)7-11-16/h4-11,17-21H,12,22-23H2,1-3H3/t17-,18+,19+,20-,21+/m1/s1. The first kappa shape index (κ1) is 21.2. The molecule has 0 unspecified atom stereocenters. The highest BCUT2D eigenvalue weighted by molar-refractivity contribution is 5.42. The third-order valence-electron chi connectivity index (χ3n) is 4.75.